The minimum atomic E-state index is 0.560. The molecule has 0 fully saturated rings. The lowest BCUT2D eigenvalue weighted by atomic mass is 10.1. The Kier molecular flexibility index (Phi) is 3.60. The lowest BCUT2D eigenvalue weighted by molar-refractivity contribution is 1.05. The molecule has 3 rings (SSSR count). The summed E-state index contributed by atoms with van der Waals surface area (Å²) in [6.45, 7) is 0.655. The molecule has 3 N–H and O–H groups in total. The first-order chi connectivity index (χ1) is 9.84. The van der Waals surface area contributed by atoms with Gasteiger partial charge in [0.2, 0.25) is 0 Å². The van der Waals surface area contributed by atoms with Crippen LogP contribution in [0.3, 0.4) is 0 Å². The Bertz CT molecular complexity index is 680. The Labute approximate surface area is 121 Å². The van der Waals surface area contributed by atoms with Crippen molar-refractivity contribution in [3.63, 3.8) is 0 Å². The van der Waals surface area contributed by atoms with Gasteiger partial charge in [0, 0.05) is 6.20 Å². The van der Waals surface area contributed by atoms with Gasteiger partial charge in [-0.2, -0.15) is 4.37 Å². The third kappa shape index (κ3) is 2.62. The van der Waals surface area contributed by atoms with Crippen molar-refractivity contribution in [2.75, 3.05) is 11.1 Å². The zero-order chi connectivity index (χ0) is 13.8. The van der Waals surface area contributed by atoms with Crippen LogP contribution < -0.4 is 11.1 Å². The van der Waals surface area contributed by atoms with E-state index in [1.807, 2.05) is 48.5 Å². The van der Waals surface area contributed by atoms with Crippen LogP contribution >= 0.6 is 11.5 Å². The molecule has 1 aromatic carbocycles. The number of nitrogen functional groups attached to an aromatic ring is 1. The maximum absolute atomic E-state index is 5.99. The Hall–Kier alpha value is -2.40. The number of nitrogens with zero attached hydrogens (tertiary/aromatic N) is 2. The van der Waals surface area contributed by atoms with Gasteiger partial charge in [-0.3, -0.25) is 4.98 Å². The molecule has 4 nitrogen and oxygen atoms in total. The van der Waals surface area contributed by atoms with Crippen molar-refractivity contribution < 1.29 is 0 Å². The van der Waals surface area contributed by atoms with E-state index in [1.54, 1.807) is 6.20 Å². The van der Waals surface area contributed by atoms with Crippen molar-refractivity contribution in [3.05, 3.63) is 60.4 Å². The van der Waals surface area contributed by atoms with E-state index in [9.17, 15) is 0 Å². The van der Waals surface area contributed by atoms with Crippen molar-refractivity contribution in [1.82, 2.24) is 9.36 Å². The normalized spacial score (nSPS) is 10.4. The van der Waals surface area contributed by atoms with Crippen LogP contribution in [0.5, 0.6) is 0 Å². The molecule has 0 unspecified atom stereocenters. The van der Waals surface area contributed by atoms with E-state index in [1.165, 1.54) is 11.5 Å². The molecule has 0 saturated heterocycles. The number of aromatic nitrogens is 2. The van der Waals surface area contributed by atoms with Gasteiger partial charge in [0.05, 0.1) is 17.8 Å². The number of hydrogen-bond donors (Lipinski definition) is 2. The van der Waals surface area contributed by atoms with E-state index in [2.05, 4.69) is 14.7 Å². The van der Waals surface area contributed by atoms with Gasteiger partial charge in [0.1, 0.15) is 10.8 Å². The molecular weight excluding hydrogens is 268 g/mol. The van der Waals surface area contributed by atoms with Crippen LogP contribution in [-0.4, -0.2) is 9.36 Å². The highest BCUT2D eigenvalue weighted by Gasteiger charge is 2.13. The first kappa shape index (κ1) is 12.6. The molecule has 20 heavy (non-hydrogen) atoms. The first-order valence-electron chi connectivity index (χ1n) is 6.29. The molecule has 0 atom stereocenters. The molecule has 5 heteroatoms. The molecule has 0 bridgehead atoms. The highest BCUT2D eigenvalue weighted by atomic mass is 32.1. The molecule has 0 amide bonds. The van der Waals surface area contributed by atoms with Gasteiger partial charge in [0.25, 0.3) is 0 Å². The van der Waals surface area contributed by atoms with Crippen LogP contribution in [-0.2, 0) is 6.54 Å². The van der Waals surface area contributed by atoms with Gasteiger partial charge >= 0.3 is 0 Å². The molecule has 0 saturated carbocycles. The number of anilines is 2. The highest BCUT2D eigenvalue weighted by molar-refractivity contribution is 7.11. The second-order valence-corrected chi connectivity index (χ2v) is 5.09. The molecule has 2 heterocycles. The third-order valence-corrected chi connectivity index (χ3v) is 3.76. The van der Waals surface area contributed by atoms with E-state index in [0.29, 0.717) is 12.4 Å². The summed E-state index contributed by atoms with van der Waals surface area (Å²) >= 11 is 1.38. The number of hydrogen-bond acceptors (Lipinski definition) is 5. The third-order valence-electron chi connectivity index (χ3n) is 2.94. The Morgan fingerprint density at radius 3 is 2.60 bits per heavy atom. The average Bonchev–Trinajstić information content (AvgIpc) is 2.88. The van der Waals surface area contributed by atoms with Crippen molar-refractivity contribution in [3.8, 4) is 11.1 Å². The van der Waals surface area contributed by atoms with Crippen LogP contribution in [0.25, 0.3) is 11.1 Å². The molecule has 3 aromatic rings. The van der Waals surface area contributed by atoms with E-state index in [-0.39, 0.29) is 0 Å². The fourth-order valence-corrected chi connectivity index (χ4v) is 2.71. The molecule has 0 radical (unpaired) electrons. The highest BCUT2D eigenvalue weighted by Crippen LogP contribution is 2.36. The number of nitrogens with one attached hydrogen (secondary N) is 1. The molecule has 0 spiro atoms. The van der Waals surface area contributed by atoms with Gasteiger partial charge in [-0.1, -0.05) is 36.4 Å². The number of pyridine rings is 1. The van der Waals surface area contributed by atoms with Crippen molar-refractivity contribution in [1.29, 1.82) is 0 Å². The fraction of sp³-hybridized carbons (Fsp3) is 0.0667. The van der Waals surface area contributed by atoms with Crippen LogP contribution in [0.2, 0.25) is 0 Å². The summed E-state index contributed by atoms with van der Waals surface area (Å²) in [4.78, 5) is 4.29. The van der Waals surface area contributed by atoms with E-state index < -0.39 is 0 Å². The monoisotopic (exact) mass is 282 g/mol. The minimum Gasteiger partial charge on any atom is -0.382 e. The SMILES string of the molecule is Nc1nsc(NCc2ccccn2)c1-c1ccccc1. The minimum absolute atomic E-state index is 0.560. The van der Waals surface area contributed by atoms with Crippen LogP contribution in [0.15, 0.2) is 54.7 Å². The standard InChI is InChI=1S/C15H14N4S/c16-14-13(11-6-2-1-3-7-11)15(20-19-14)18-10-12-8-4-5-9-17-12/h1-9,18H,10H2,(H2,16,19). The van der Waals surface area contributed by atoms with Crippen LogP contribution in [0.4, 0.5) is 10.8 Å². The largest absolute Gasteiger partial charge is 0.382 e. The number of rotatable bonds is 4. The molecule has 2 aromatic heterocycles. The topological polar surface area (TPSA) is 63.8 Å². The van der Waals surface area contributed by atoms with Crippen molar-refractivity contribution in [2.24, 2.45) is 0 Å². The van der Waals surface area contributed by atoms with Gasteiger partial charge in [0.15, 0.2) is 0 Å². The van der Waals surface area contributed by atoms with E-state index in [4.69, 9.17) is 5.73 Å². The van der Waals surface area contributed by atoms with Crippen LogP contribution in [0, 0.1) is 0 Å². The predicted octanol–water partition coefficient (Wildman–Crippen LogP) is 3.40. The zero-order valence-corrected chi connectivity index (χ0v) is 11.6. The van der Waals surface area contributed by atoms with E-state index >= 15 is 0 Å². The summed E-state index contributed by atoms with van der Waals surface area (Å²) in [6, 6.07) is 15.9. The maximum atomic E-state index is 5.99. The predicted molar refractivity (Wildman–Crippen MR) is 83.5 cm³/mol. The molecule has 0 aliphatic rings. The summed E-state index contributed by atoms with van der Waals surface area (Å²) < 4.78 is 4.24. The van der Waals surface area contributed by atoms with Gasteiger partial charge in [-0.25, -0.2) is 0 Å². The Balaban J connectivity index is 1.85. The molecule has 0 aliphatic carbocycles. The first-order valence-corrected chi connectivity index (χ1v) is 7.06. The average molecular weight is 282 g/mol. The number of benzene rings is 1. The summed E-state index contributed by atoms with van der Waals surface area (Å²) in [7, 11) is 0. The number of nitrogens with two attached hydrogens (primary N) is 1. The zero-order valence-electron chi connectivity index (χ0n) is 10.8. The second kappa shape index (κ2) is 5.71. The van der Waals surface area contributed by atoms with Crippen molar-refractivity contribution >= 4 is 22.4 Å². The maximum Gasteiger partial charge on any atom is 0.147 e. The van der Waals surface area contributed by atoms with E-state index in [0.717, 1.165) is 21.8 Å². The summed E-state index contributed by atoms with van der Waals surface area (Å²) in [5.41, 5.74) is 9.01. The lowest BCUT2D eigenvalue weighted by Gasteiger charge is -2.07. The van der Waals surface area contributed by atoms with Gasteiger partial charge in [-0.15, -0.1) is 0 Å². The Morgan fingerprint density at radius 1 is 1.05 bits per heavy atom. The van der Waals surface area contributed by atoms with Gasteiger partial charge < -0.3 is 11.1 Å². The molecule has 100 valence electrons. The second-order valence-electron chi connectivity index (χ2n) is 4.31. The smallest absolute Gasteiger partial charge is 0.147 e. The quantitative estimate of drug-likeness (QED) is 0.770. The summed E-state index contributed by atoms with van der Waals surface area (Å²) in [5, 5.41) is 4.33. The lowest BCUT2D eigenvalue weighted by Crippen LogP contribution is -2.01. The summed E-state index contributed by atoms with van der Waals surface area (Å²) in [5.74, 6) is 0.560. The van der Waals surface area contributed by atoms with Crippen LogP contribution in [0.1, 0.15) is 5.69 Å². The Morgan fingerprint density at radius 2 is 1.85 bits per heavy atom. The molecular formula is C15H14N4S. The van der Waals surface area contributed by atoms with Gasteiger partial charge in [-0.05, 0) is 29.2 Å². The molecule has 0 aliphatic heterocycles. The summed E-state index contributed by atoms with van der Waals surface area (Å²) in [6.07, 6.45) is 1.79. The van der Waals surface area contributed by atoms with Crippen molar-refractivity contribution in [2.45, 2.75) is 6.54 Å². The fourth-order valence-electron chi connectivity index (χ4n) is 1.98.